The lowest BCUT2D eigenvalue weighted by atomic mass is 9.84. The molecule has 2 N–H and O–H groups in total. The van der Waals surface area contributed by atoms with Gasteiger partial charge in [0.15, 0.2) is 0 Å². The first-order valence-electron chi connectivity index (χ1n) is 7.80. The van der Waals surface area contributed by atoms with Gasteiger partial charge in [-0.1, -0.05) is 31.4 Å². The van der Waals surface area contributed by atoms with E-state index in [-0.39, 0.29) is 18.4 Å². The second-order valence-corrected chi connectivity index (χ2v) is 7.71. The van der Waals surface area contributed by atoms with Crippen molar-refractivity contribution in [1.29, 1.82) is 0 Å². The molecule has 1 aliphatic carbocycles. The molecule has 1 aliphatic rings. The standard InChI is InChI=1S/C16H26N2O2S.ClH/c1-13(17-2)12-18-21(19,20)16-10-8-15(9-11-16)14-6-4-3-5-7-14;/h8-11,13-14,17-18H,3-7,12H2,1-2H3;1H. The van der Waals surface area contributed by atoms with Crippen LogP contribution >= 0.6 is 12.4 Å². The van der Waals surface area contributed by atoms with E-state index in [0.717, 1.165) is 0 Å². The monoisotopic (exact) mass is 346 g/mol. The highest BCUT2D eigenvalue weighted by molar-refractivity contribution is 7.89. The Labute approximate surface area is 140 Å². The smallest absolute Gasteiger partial charge is 0.240 e. The van der Waals surface area contributed by atoms with Crippen molar-refractivity contribution in [2.24, 2.45) is 0 Å². The van der Waals surface area contributed by atoms with Crippen molar-refractivity contribution in [1.82, 2.24) is 10.0 Å². The third-order valence-electron chi connectivity index (χ3n) is 4.34. The summed E-state index contributed by atoms with van der Waals surface area (Å²) in [6.45, 7) is 2.33. The summed E-state index contributed by atoms with van der Waals surface area (Å²) >= 11 is 0. The van der Waals surface area contributed by atoms with E-state index in [4.69, 9.17) is 0 Å². The summed E-state index contributed by atoms with van der Waals surface area (Å²) in [6.07, 6.45) is 6.35. The Morgan fingerprint density at radius 1 is 1.14 bits per heavy atom. The molecule has 0 saturated heterocycles. The van der Waals surface area contributed by atoms with Gasteiger partial charge in [-0.15, -0.1) is 12.4 Å². The van der Waals surface area contributed by atoms with Crippen LogP contribution in [0.5, 0.6) is 0 Å². The molecule has 0 aromatic heterocycles. The minimum atomic E-state index is -3.40. The van der Waals surface area contributed by atoms with Crippen molar-refractivity contribution >= 4 is 22.4 Å². The van der Waals surface area contributed by atoms with Gasteiger partial charge in [0.1, 0.15) is 0 Å². The molecule has 2 rings (SSSR count). The summed E-state index contributed by atoms with van der Waals surface area (Å²) in [7, 11) is -1.59. The van der Waals surface area contributed by atoms with Crippen molar-refractivity contribution < 1.29 is 8.42 Å². The molecule has 0 heterocycles. The highest BCUT2D eigenvalue weighted by Crippen LogP contribution is 2.32. The minimum absolute atomic E-state index is 0. The molecule has 6 heteroatoms. The van der Waals surface area contributed by atoms with Gasteiger partial charge in [0.2, 0.25) is 10.0 Å². The maximum atomic E-state index is 12.2. The second kappa shape index (κ2) is 8.87. The quantitative estimate of drug-likeness (QED) is 0.832. The van der Waals surface area contributed by atoms with Gasteiger partial charge in [0, 0.05) is 12.6 Å². The van der Waals surface area contributed by atoms with Crippen LogP contribution in [0.25, 0.3) is 0 Å². The fourth-order valence-electron chi connectivity index (χ4n) is 2.78. The lowest BCUT2D eigenvalue weighted by Gasteiger charge is -2.22. The van der Waals surface area contributed by atoms with E-state index >= 15 is 0 Å². The Bertz CT molecular complexity index is 540. The van der Waals surface area contributed by atoms with Crippen molar-refractivity contribution in [2.75, 3.05) is 13.6 Å². The van der Waals surface area contributed by atoms with Crippen molar-refractivity contribution in [3.05, 3.63) is 29.8 Å². The number of nitrogens with one attached hydrogen (secondary N) is 2. The molecule has 0 bridgehead atoms. The highest BCUT2D eigenvalue weighted by atomic mass is 35.5. The molecule has 0 radical (unpaired) electrons. The molecule has 0 aliphatic heterocycles. The first-order chi connectivity index (χ1) is 10.0. The van der Waals surface area contributed by atoms with E-state index in [1.807, 2.05) is 26.1 Å². The number of likely N-dealkylation sites (N-methyl/N-ethyl adjacent to an activating group) is 1. The molecule has 1 saturated carbocycles. The van der Waals surface area contributed by atoms with E-state index < -0.39 is 10.0 Å². The Morgan fingerprint density at radius 2 is 1.73 bits per heavy atom. The fourth-order valence-corrected chi connectivity index (χ4v) is 3.91. The van der Waals surface area contributed by atoms with E-state index in [9.17, 15) is 8.42 Å². The molecule has 1 unspecified atom stereocenters. The summed E-state index contributed by atoms with van der Waals surface area (Å²) < 4.78 is 27.0. The number of hydrogen-bond donors (Lipinski definition) is 2. The van der Waals surface area contributed by atoms with Crippen LogP contribution in [0.15, 0.2) is 29.2 Å². The maximum Gasteiger partial charge on any atom is 0.240 e. The van der Waals surface area contributed by atoms with E-state index in [1.165, 1.54) is 37.7 Å². The van der Waals surface area contributed by atoms with E-state index in [1.54, 1.807) is 12.1 Å². The maximum absolute atomic E-state index is 12.2. The van der Waals surface area contributed by atoms with Crippen LogP contribution < -0.4 is 10.0 Å². The predicted molar refractivity (Wildman–Crippen MR) is 93.2 cm³/mol. The Balaban J connectivity index is 0.00000242. The van der Waals surface area contributed by atoms with Crippen LogP contribution in [0, 0.1) is 0 Å². The van der Waals surface area contributed by atoms with Crippen LogP contribution in [-0.2, 0) is 10.0 Å². The number of benzene rings is 1. The third kappa shape index (κ3) is 5.23. The zero-order chi connectivity index (χ0) is 15.3. The third-order valence-corrected chi connectivity index (χ3v) is 5.78. The van der Waals surface area contributed by atoms with Crippen LogP contribution in [0.1, 0.15) is 50.5 Å². The van der Waals surface area contributed by atoms with Gasteiger partial charge in [0.25, 0.3) is 0 Å². The minimum Gasteiger partial charge on any atom is -0.316 e. The molecule has 0 spiro atoms. The predicted octanol–water partition coefficient (Wildman–Crippen LogP) is 3.04. The first-order valence-corrected chi connectivity index (χ1v) is 9.28. The molecule has 1 atom stereocenters. The molecule has 22 heavy (non-hydrogen) atoms. The molecule has 4 nitrogen and oxygen atoms in total. The summed E-state index contributed by atoms with van der Waals surface area (Å²) in [4.78, 5) is 0.352. The lowest BCUT2D eigenvalue weighted by Crippen LogP contribution is -2.37. The van der Waals surface area contributed by atoms with Gasteiger partial charge in [0.05, 0.1) is 4.90 Å². The zero-order valence-electron chi connectivity index (χ0n) is 13.3. The molecular formula is C16H27ClN2O2S. The average molecular weight is 347 g/mol. The summed E-state index contributed by atoms with van der Waals surface area (Å²) in [5, 5.41) is 3.01. The first kappa shape index (κ1) is 19.4. The van der Waals surface area contributed by atoms with Gasteiger partial charge >= 0.3 is 0 Å². The highest BCUT2D eigenvalue weighted by Gasteiger charge is 2.18. The topological polar surface area (TPSA) is 58.2 Å². The largest absolute Gasteiger partial charge is 0.316 e. The number of rotatable bonds is 6. The van der Waals surface area contributed by atoms with Crippen LogP contribution in [0.4, 0.5) is 0 Å². The molecule has 126 valence electrons. The molecule has 1 aromatic carbocycles. The van der Waals surface area contributed by atoms with Crippen molar-refractivity contribution in [2.45, 2.75) is 55.9 Å². The molecular weight excluding hydrogens is 320 g/mol. The summed E-state index contributed by atoms with van der Waals surface area (Å²) in [5.41, 5.74) is 1.28. The summed E-state index contributed by atoms with van der Waals surface area (Å²) in [5.74, 6) is 0.604. The zero-order valence-corrected chi connectivity index (χ0v) is 15.0. The van der Waals surface area contributed by atoms with Crippen molar-refractivity contribution in [3.63, 3.8) is 0 Å². The van der Waals surface area contributed by atoms with Gasteiger partial charge < -0.3 is 5.32 Å². The average Bonchev–Trinajstić information content (AvgIpc) is 2.53. The van der Waals surface area contributed by atoms with Gasteiger partial charge in [-0.2, -0.15) is 0 Å². The fraction of sp³-hybridized carbons (Fsp3) is 0.625. The van der Waals surface area contributed by atoms with E-state index in [2.05, 4.69) is 10.0 Å². The van der Waals surface area contributed by atoms with Gasteiger partial charge in [-0.05, 0) is 50.4 Å². The Morgan fingerprint density at radius 3 is 2.27 bits per heavy atom. The Hall–Kier alpha value is -0.620. The SMILES string of the molecule is CNC(C)CNS(=O)(=O)c1ccc(C2CCCCC2)cc1.Cl. The number of sulfonamides is 1. The number of hydrogen-bond acceptors (Lipinski definition) is 3. The molecule has 0 amide bonds. The van der Waals surface area contributed by atoms with E-state index in [0.29, 0.717) is 17.4 Å². The normalized spacial score (nSPS) is 17.7. The van der Waals surface area contributed by atoms with Gasteiger partial charge in [-0.3, -0.25) is 0 Å². The summed E-state index contributed by atoms with van der Waals surface area (Å²) in [6, 6.07) is 7.53. The van der Waals surface area contributed by atoms with Gasteiger partial charge in [-0.25, -0.2) is 13.1 Å². The van der Waals surface area contributed by atoms with Crippen LogP contribution in [0.3, 0.4) is 0 Å². The molecule has 1 aromatic rings. The van der Waals surface area contributed by atoms with Crippen LogP contribution in [0.2, 0.25) is 0 Å². The number of halogens is 1. The Kier molecular flexibility index (Phi) is 7.83. The van der Waals surface area contributed by atoms with Crippen LogP contribution in [-0.4, -0.2) is 28.1 Å². The lowest BCUT2D eigenvalue weighted by molar-refractivity contribution is 0.443. The van der Waals surface area contributed by atoms with Crippen molar-refractivity contribution in [3.8, 4) is 0 Å². The second-order valence-electron chi connectivity index (χ2n) is 5.95. The molecule has 1 fully saturated rings.